The molecule has 0 saturated carbocycles. The highest BCUT2D eigenvalue weighted by atomic mass is 16.5. The van der Waals surface area contributed by atoms with Crippen molar-refractivity contribution < 1.29 is 23.8 Å². The molecule has 1 amide bonds. The third-order valence-electron chi connectivity index (χ3n) is 3.20. The molecule has 2 aromatic rings. The molecule has 7 nitrogen and oxygen atoms in total. The Morgan fingerprint density at radius 2 is 2.00 bits per heavy atom. The third-order valence-corrected chi connectivity index (χ3v) is 3.20. The minimum atomic E-state index is -0.755. The minimum absolute atomic E-state index is 0.198. The molecule has 2 N–H and O–H groups in total. The zero-order chi connectivity index (χ0) is 18.8. The number of nitriles is 1. The standard InChI is InChI=1S/C19H16N2O5/c20-11-16(19(24)21-12-14-5-2-1-3-6-14)17(22)13-26-18(23)9-8-15-7-4-10-25-15/h1-10,22H,12-13H2,(H,21,24). The number of amides is 1. The summed E-state index contributed by atoms with van der Waals surface area (Å²) in [6.07, 6.45) is 3.95. The molecule has 0 aliphatic carbocycles. The van der Waals surface area contributed by atoms with Gasteiger partial charge in [0.25, 0.3) is 5.91 Å². The molecule has 0 atom stereocenters. The second-order valence-corrected chi connectivity index (χ2v) is 5.06. The number of carbonyl (C=O) groups excluding carboxylic acids is 2. The number of nitrogens with one attached hydrogen (secondary N) is 1. The molecule has 0 aliphatic rings. The predicted molar refractivity (Wildman–Crippen MR) is 92.3 cm³/mol. The van der Waals surface area contributed by atoms with Gasteiger partial charge in [-0.05, 0) is 23.8 Å². The molecule has 0 unspecified atom stereocenters. The largest absolute Gasteiger partial charge is 0.507 e. The van der Waals surface area contributed by atoms with Gasteiger partial charge in [-0.1, -0.05) is 30.3 Å². The van der Waals surface area contributed by atoms with Crippen LogP contribution in [0.15, 0.2) is 70.6 Å². The van der Waals surface area contributed by atoms with Crippen LogP contribution in [0.2, 0.25) is 0 Å². The molecule has 0 radical (unpaired) electrons. The fraction of sp³-hybridized carbons (Fsp3) is 0.105. The first-order valence-corrected chi connectivity index (χ1v) is 7.63. The number of carbonyl (C=O) groups is 2. The van der Waals surface area contributed by atoms with Crippen molar-refractivity contribution in [3.8, 4) is 6.07 Å². The van der Waals surface area contributed by atoms with Crippen molar-refractivity contribution in [1.29, 1.82) is 5.26 Å². The van der Waals surface area contributed by atoms with Crippen LogP contribution in [0.4, 0.5) is 0 Å². The summed E-state index contributed by atoms with van der Waals surface area (Å²) >= 11 is 0. The van der Waals surface area contributed by atoms with Gasteiger partial charge in [0.05, 0.1) is 6.26 Å². The molecule has 26 heavy (non-hydrogen) atoms. The normalized spacial score (nSPS) is 11.5. The van der Waals surface area contributed by atoms with Crippen LogP contribution in [0.3, 0.4) is 0 Å². The number of esters is 1. The summed E-state index contributed by atoms with van der Waals surface area (Å²) in [5.74, 6) is -1.68. The molecule has 7 heteroatoms. The number of furan rings is 1. The van der Waals surface area contributed by atoms with E-state index in [2.05, 4.69) is 5.32 Å². The van der Waals surface area contributed by atoms with Crippen molar-refractivity contribution in [2.45, 2.75) is 6.54 Å². The number of hydrogen-bond acceptors (Lipinski definition) is 6. The van der Waals surface area contributed by atoms with Crippen LogP contribution >= 0.6 is 0 Å². The fourth-order valence-electron chi connectivity index (χ4n) is 1.91. The lowest BCUT2D eigenvalue weighted by Crippen LogP contribution is -2.25. The molecule has 0 saturated heterocycles. The van der Waals surface area contributed by atoms with Crippen molar-refractivity contribution in [2.24, 2.45) is 0 Å². The monoisotopic (exact) mass is 352 g/mol. The zero-order valence-corrected chi connectivity index (χ0v) is 13.7. The van der Waals surface area contributed by atoms with Crippen molar-refractivity contribution in [3.63, 3.8) is 0 Å². The Hall–Kier alpha value is -3.79. The van der Waals surface area contributed by atoms with E-state index in [9.17, 15) is 14.7 Å². The highest BCUT2D eigenvalue weighted by molar-refractivity contribution is 5.97. The molecule has 0 fully saturated rings. The minimum Gasteiger partial charge on any atom is -0.507 e. The SMILES string of the molecule is N#CC(C(=O)NCc1ccccc1)=C(O)COC(=O)C=Cc1ccco1. The maximum Gasteiger partial charge on any atom is 0.331 e. The van der Waals surface area contributed by atoms with Crippen LogP contribution in [-0.4, -0.2) is 23.6 Å². The maximum absolute atomic E-state index is 12.0. The van der Waals surface area contributed by atoms with Gasteiger partial charge in [-0.15, -0.1) is 0 Å². The lowest BCUT2D eigenvalue weighted by Gasteiger charge is -2.07. The van der Waals surface area contributed by atoms with E-state index in [-0.39, 0.29) is 6.54 Å². The molecule has 132 valence electrons. The van der Waals surface area contributed by atoms with E-state index in [0.29, 0.717) is 5.76 Å². The number of aliphatic hydroxyl groups is 1. The predicted octanol–water partition coefficient (Wildman–Crippen LogP) is 2.49. The summed E-state index contributed by atoms with van der Waals surface area (Å²) in [6, 6.07) is 14.0. The van der Waals surface area contributed by atoms with Gasteiger partial charge in [-0.2, -0.15) is 5.26 Å². The lowest BCUT2D eigenvalue weighted by molar-refractivity contribution is -0.137. The molecule has 0 aliphatic heterocycles. The van der Waals surface area contributed by atoms with Gasteiger partial charge >= 0.3 is 5.97 Å². The van der Waals surface area contributed by atoms with E-state index in [1.165, 1.54) is 12.3 Å². The van der Waals surface area contributed by atoms with Crippen LogP contribution in [0.1, 0.15) is 11.3 Å². The number of hydrogen-bond donors (Lipinski definition) is 2. The van der Waals surface area contributed by atoms with Crippen molar-refractivity contribution >= 4 is 18.0 Å². The molecular formula is C19H16N2O5. The average Bonchev–Trinajstić information content (AvgIpc) is 3.18. The number of benzene rings is 1. The van der Waals surface area contributed by atoms with Gasteiger partial charge in [0.15, 0.2) is 11.3 Å². The number of nitrogens with zero attached hydrogens (tertiary/aromatic N) is 1. The average molecular weight is 352 g/mol. The van der Waals surface area contributed by atoms with Gasteiger partial charge in [0.2, 0.25) is 0 Å². The van der Waals surface area contributed by atoms with Gasteiger partial charge in [-0.25, -0.2) is 4.79 Å². The molecule has 1 aromatic heterocycles. The Kier molecular flexibility index (Phi) is 6.77. The van der Waals surface area contributed by atoms with E-state index >= 15 is 0 Å². The highest BCUT2D eigenvalue weighted by Gasteiger charge is 2.16. The molecule has 0 bridgehead atoms. The van der Waals surface area contributed by atoms with Crippen LogP contribution in [-0.2, 0) is 20.9 Å². The van der Waals surface area contributed by atoms with Crippen LogP contribution in [0.5, 0.6) is 0 Å². The van der Waals surface area contributed by atoms with Gasteiger partial charge in [-0.3, -0.25) is 4.79 Å². The van der Waals surface area contributed by atoms with E-state index in [1.807, 2.05) is 30.3 Å². The molecular weight excluding hydrogens is 336 g/mol. The molecule has 1 heterocycles. The van der Waals surface area contributed by atoms with Crippen molar-refractivity contribution in [2.75, 3.05) is 6.61 Å². The molecule has 0 spiro atoms. The molecule has 2 rings (SSSR count). The molecule has 1 aromatic carbocycles. The van der Waals surface area contributed by atoms with Gasteiger partial charge < -0.3 is 19.6 Å². The Balaban J connectivity index is 1.89. The first-order valence-electron chi connectivity index (χ1n) is 7.63. The highest BCUT2D eigenvalue weighted by Crippen LogP contribution is 2.05. The lowest BCUT2D eigenvalue weighted by atomic mass is 10.2. The fourth-order valence-corrected chi connectivity index (χ4v) is 1.91. The Bertz CT molecular complexity index is 846. The summed E-state index contributed by atoms with van der Waals surface area (Å²) < 4.78 is 9.80. The van der Waals surface area contributed by atoms with Gasteiger partial charge in [0, 0.05) is 12.6 Å². The Labute approximate surface area is 149 Å². The summed E-state index contributed by atoms with van der Waals surface area (Å²) in [4.78, 5) is 23.6. The summed E-state index contributed by atoms with van der Waals surface area (Å²) in [6.45, 7) is -0.396. The number of aliphatic hydroxyl groups excluding tert-OH is 1. The van der Waals surface area contributed by atoms with Crippen LogP contribution < -0.4 is 5.32 Å². The van der Waals surface area contributed by atoms with E-state index in [1.54, 1.807) is 18.2 Å². The smallest absolute Gasteiger partial charge is 0.331 e. The Morgan fingerprint density at radius 1 is 1.23 bits per heavy atom. The first-order chi connectivity index (χ1) is 12.6. The second kappa shape index (κ2) is 9.49. The number of ether oxygens (including phenoxy) is 1. The van der Waals surface area contributed by atoms with Crippen molar-refractivity contribution in [1.82, 2.24) is 5.32 Å². The second-order valence-electron chi connectivity index (χ2n) is 5.06. The quantitative estimate of drug-likeness (QED) is 0.343. The maximum atomic E-state index is 12.0. The zero-order valence-electron chi connectivity index (χ0n) is 13.7. The Morgan fingerprint density at radius 3 is 2.65 bits per heavy atom. The van der Waals surface area contributed by atoms with E-state index in [4.69, 9.17) is 14.4 Å². The first kappa shape index (κ1) is 18.5. The van der Waals surface area contributed by atoms with Crippen LogP contribution in [0, 0.1) is 11.3 Å². The van der Waals surface area contributed by atoms with Crippen LogP contribution in [0.25, 0.3) is 6.08 Å². The summed E-state index contributed by atoms with van der Waals surface area (Å²) in [5.41, 5.74) is 0.330. The van der Waals surface area contributed by atoms with E-state index in [0.717, 1.165) is 11.6 Å². The number of rotatable bonds is 7. The summed E-state index contributed by atoms with van der Waals surface area (Å²) in [7, 11) is 0. The van der Waals surface area contributed by atoms with E-state index < -0.39 is 29.8 Å². The van der Waals surface area contributed by atoms with Gasteiger partial charge in [0.1, 0.15) is 18.4 Å². The van der Waals surface area contributed by atoms with Crippen molar-refractivity contribution in [3.05, 3.63) is 77.5 Å². The topological polar surface area (TPSA) is 113 Å². The summed E-state index contributed by atoms with van der Waals surface area (Å²) in [5, 5.41) is 21.4. The third kappa shape index (κ3) is 5.69.